The smallest absolute Gasteiger partial charge is 0.175 e. The number of nitrogens with zero attached hydrogens (tertiary/aromatic N) is 4. The predicted octanol–water partition coefficient (Wildman–Crippen LogP) is 1.21. The van der Waals surface area contributed by atoms with Gasteiger partial charge in [0.05, 0.1) is 11.9 Å². The van der Waals surface area contributed by atoms with Gasteiger partial charge < -0.3 is 5.73 Å². The van der Waals surface area contributed by atoms with Crippen LogP contribution in [0.3, 0.4) is 0 Å². The van der Waals surface area contributed by atoms with Crippen LogP contribution in [0.2, 0.25) is 5.02 Å². The molecule has 2 N–H and O–H groups in total. The molecule has 0 saturated carbocycles. The molecule has 0 atom stereocenters. The molecule has 0 radical (unpaired) electrons. The van der Waals surface area contributed by atoms with E-state index in [4.69, 9.17) is 17.3 Å². The van der Waals surface area contributed by atoms with Crippen molar-refractivity contribution in [3.63, 3.8) is 0 Å². The third kappa shape index (κ3) is 1.54. The number of nitrogens with two attached hydrogens (primary N) is 1. The molecule has 6 heteroatoms. The van der Waals surface area contributed by atoms with E-state index >= 15 is 0 Å². The normalized spacial score (nSPS) is 10.4. The van der Waals surface area contributed by atoms with Crippen molar-refractivity contribution in [2.24, 2.45) is 0 Å². The third-order valence-corrected chi connectivity index (χ3v) is 2.01. The highest BCUT2D eigenvalue weighted by Gasteiger charge is 2.05. The number of nitrogen functional groups attached to an aromatic ring is 1. The summed E-state index contributed by atoms with van der Waals surface area (Å²) in [5.41, 5.74) is 6.34. The predicted molar refractivity (Wildman–Crippen MR) is 53.3 cm³/mol. The second kappa shape index (κ2) is 3.26. The Hall–Kier alpha value is -1.62. The van der Waals surface area contributed by atoms with Crippen LogP contribution in [0.5, 0.6) is 0 Å². The average Bonchev–Trinajstić information content (AvgIpc) is 2.48. The number of aryl methyl sites for hydroxylation is 1. The molecule has 72 valence electrons. The van der Waals surface area contributed by atoms with Gasteiger partial charge in [-0.1, -0.05) is 11.6 Å². The van der Waals surface area contributed by atoms with E-state index in [1.54, 1.807) is 12.3 Å². The first kappa shape index (κ1) is 8.96. The van der Waals surface area contributed by atoms with Gasteiger partial charge in [-0.25, -0.2) is 4.68 Å². The Morgan fingerprint density at radius 1 is 1.36 bits per heavy atom. The summed E-state index contributed by atoms with van der Waals surface area (Å²) in [6, 6.07) is 3.64. The van der Waals surface area contributed by atoms with Crippen molar-refractivity contribution in [1.82, 2.24) is 20.0 Å². The molecule has 0 spiro atoms. The van der Waals surface area contributed by atoms with Gasteiger partial charge in [0.15, 0.2) is 11.6 Å². The number of halogens is 1. The van der Waals surface area contributed by atoms with Crippen molar-refractivity contribution in [3.05, 3.63) is 29.0 Å². The van der Waals surface area contributed by atoms with E-state index in [0.717, 1.165) is 5.69 Å². The summed E-state index contributed by atoms with van der Waals surface area (Å²) in [7, 11) is 0. The molecule has 2 aromatic heterocycles. The number of rotatable bonds is 1. The second-order valence-electron chi connectivity index (χ2n) is 2.84. The largest absolute Gasteiger partial charge is 0.381 e. The lowest BCUT2D eigenvalue weighted by Gasteiger charge is -1.97. The van der Waals surface area contributed by atoms with Gasteiger partial charge in [0.1, 0.15) is 5.02 Å². The van der Waals surface area contributed by atoms with Gasteiger partial charge in [-0.05, 0) is 19.1 Å². The zero-order valence-electron chi connectivity index (χ0n) is 7.48. The summed E-state index contributed by atoms with van der Waals surface area (Å²) < 4.78 is 1.49. The van der Waals surface area contributed by atoms with Crippen LogP contribution in [0.25, 0.3) is 5.82 Å². The van der Waals surface area contributed by atoms with Crippen LogP contribution in [0, 0.1) is 6.92 Å². The lowest BCUT2D eigenvalue weighted by Crippen LogP contribution is -2.00. The number of aromatic nitrogens is 4. The molecule has 0 unspecified atom stereocenters. The first-order valence-electron chi connectivity index (χ1n) is 3.98. The van der Waals surface area contributed by atoms with Gasteiger partial charge in [0, 0.05) is 0 Å². The van der Waals surface area contributed by atoms with Crippen LogP contribution in [0.1, 0.15) is 5.69 Å². The van der Waals surface area contributed by atoms with Gasteiger partial charge >= 0.3 is 0 Å². The number of hydrogen-bond donors (Lipinski definition) is 1. The Bertz CT molecular complexity index is 428. The van der Waals surface area contributed by atoms with Crippen molar-refractivity contribution in [2.45, 2.75) is 6.92 Å². The van der Waals surface area contributed by atoms with Gasteiger partial charge in [-0.3, -0.25) is 0 Å². The van der Waals surface area contributed by atoms with Crippen LogP contribution in [-0.4, -0.2) is 20.0 Å². The van der Waals surface area contributed by atoms with Crippen molar-refractivity contribution in [2.75, 3.05) is 5.73 Å². The first-order chi connectivity index (χ1) is 6.66. The Balaban J connectivity index is 2.44. The van der Waals surface area contributed by atoms with Crippen molar-refractivity contribution in [1.29, 1.82) is 0 Å². The number of anilines is 1. The topological polar surface area (TPSA) is 69.6 Å². The Kier molecular flexibility index (Phi) is 2.09. The van der Waals surface area contributed by atoms with Crippen LogP contribution in [0.4, 0.5) is 5.82 Å². The Morgan fingerprint density at radius 3 is 2.64 bits per heavy atom. The van der Waals surface area contributed by atoms with Crippen molar-refractivity contribution >= 4 is 17.4 Å². The van der Waals surface area contributed by atoms with E-state index in [1.165, 1.54) is 4.68 Å². The molecular weight excluding hydrogens is 202 g/mol. The molecule has 0 aliphatic rings. The standard InChI is InChI=1S/C8H8ClN5/c1-5-2-3-7(12-11-5)14-4-6(9)8(10)13-14/h2-4H,1H3,(H2,10,13). The van der Waals surface area contributed by atoms with Crippen LogP contribution >= 0.6 is 11.6 Å². The maximum atomic E-state index is 5.75. The Morgan fingerprint density at radius 2 is 2.14 bits per heavy atom. The van der Waals surface area contributed by atoms with Gasteiger partial charge in [-0.2, -0.15) is 5.10 Å². The summed E-state index contributed by atoms with van der Waals surface area (Å²) in [4.78, 5) is 0. The molecule has 0 fully saturated rings. The molecule has 2 rings (SSSR count). The summed E-state index contributed by atoms with van der Waals surface area (Å²) in [5.74, 6) is 0.878. The molecule has 2 aromatic rings. The fourth-order valence-corrected chi connectivity index (χ4v) is 1.13. The molecule has 5 nitrogen and oxygen atoms in total. The summed E-state index contributed by atoms with van der Waals surface area (Å²) in [6.07, 6.45) is 1.59. The Labute approximate surface area is 85.5 Å². The van der Waals surface area contributed by atoms with Crippen LogP contribution in [-0.2, 0) is 0 Å². The monoisotopic (exact) mass is 209 g/mol. The van der Waals surface area contributed by atoms with Crippen molar-refractivity contribution in [3.8, 4) is 5.82 Å². The molecule has 14 heavy (non-hydrogen) atoms. The third-order valence-electron chi connectivity index (χ3n) is 1.71. The van der Waals surface area contributed by atoms with E-state index in [2.05, 4.69) is 15.3 Å². The van der Waals surface area contributed by atoms with Crippen molar-refractivity contribution < 1.29 is 0 Å². The minimum absolute atomic E-state index is 0.286. The highest BCUT2D eigenvalue weighted by molar-refractivity contribution is 6.32. The second-order valence-corrected chi connectivity index (χ2v) is 3.25. The fourth-order valence-electron chi connectivity index (χ4n) is 0.998. The fraction of sp³-hybridized carbons (Fsp3) is 0.125. The lowest BCUT2D eigenvalue weighted by atomic mass is 10.4. The van der Waals surface area contributed by atoms with Crippen LogP contribution < -0.4 is 5.73 Å². The first-order valence-corrected chi connectivity index (χ1v) is 4.36. The van der Waals surface area contributed by atoms with E-state index in [0.29, 0.717) is 10.8 Å². The van der Waals surface area contributed by atoms with E-state index < -0.39 is 0 Å². The summed E-state index contributed by atoms with van der Waals surface area (Å²) in [6.45, 7) is 1.86. The molecule has 0 saturated heterocycles. The molecule has 2 heterocycles. The molecule has 0 aromatic carbocycles. The van der Waals surface area contributed by atoms with E-state index in [-0.39, 0.29) is 5.82 Å². The maximum absolute atomic E-state index is 5.75. The minimum Gasteiger partial charge on any atom is -0.381 e. The SMILES string of the molecule is Cc1ccc(-n2cc(Cl)c(N)n2)nn1. The summed E-state index contributed by atoms with van der Waals surface area (Å²) >= 11 is 5.75. The minimum atomic E-state index is 0.286. The number of hydrogen-bond acceptors (Lipinski definition) is 4. The summed E-state index contributed by atoms with van der Waals surface area (Å²) in [5, 5.41) is 12.2. The van der Waals surface area contributed by atoms with Gasteiger partial charge in [-0.15, -0.1) is 10.2 Å². The molecule has 0 aliphatic heterocycles. The quantitative estimate of drug-likeness (QED) is 0.767. The van der Waals surface area contributed by atoms with E-state index in [9.17, 15) is 0 Å². The van der Waals surface area contributed by atoms with Gasteiger partial charge in [0.2, 0.25) is 0 Å². The highest BCUT2D eigenvalue weighted by Crippen LogP contribution is 2.17. The molecule has 0 aliphatic carbocycles. The van der Waals surface area contributed by atoms with Crippen LogP contribution in [0.15, 0.2) is 18.3 Å². The zero-order valence-corrected chi connectivity index (χ0v) is 8.23. The van der Waals surface area contributed by atoms with E-state index in [1.807, 2.05) is 13.0 Å². The maximum Gasteiger partial charge on any atom is 0.175 e. The highest BCUT2D eigenvalue weighted by atomic mass is 35.5. The van der Waals surface area contributed by atoms with Gasteiger partial charge in [0.25, 0.3) is 0 Å². The lowest BCUT2D eigenvalue weighted by molar-refractivity contribution is 0.809. The molecule has 0 amide bonds. The molecular formula is C8H8ClN5. The molecule has 0 bridgehead atoms. The average molecular weight is 210 g/mol. The zero-order chi connectivity index (χ0) is 10.1.